The number of rotatable bonds is 14. The summed E-state index contributed by atoms with van der Waals surface area (Å²) < 4.78 is 30.0. The summed E-state index contributed by atoms with van der Waals surface area (Å²) in [5.74, 6) is 0.377. The fraction of sp³-hybridized carbons (Fsp3) is 0.373. The van der Waals surface area contributed by atoms with Crippen molar-refractivity contribution in [2.24, 2.45) is 11.8 Å². The molecule has 12 nitrogen and oxygen atoms in total. The molecule has 0 bridgehead atoms. The lowest BCUT2D eigenvalue weighted by Gasteiger charge is -2.32. The first-order valence-corrected chi connectivity index (χ1v) is 23.9. The average molecular weight is 915 g/mol. The summed E-state index contributed by atoms with van der Waals surface area (Å²) in [5.41, 5.74) is 3.63. The Morgan fingerprint density at radius 2 is 1.45 bits per heavy atom. The van der Waals surface area contributed by atoms with E-state index in [2.05, 4.69) is 25.6 Å². The van der Waals surface area contributed by atoms with Gasteiger partial charge in [0.05, 0.1) is 15.1 Å². The van der Waals surface area contributed by atoms with Gasteiger partial charge in [0.2, 0.25) is 0 Å². The van der Waals surface area contributed by atoms with E-state index < -0.39 is 0 Å². The lowest BCUT2D eigenvalue weighted by Crippen LogP contribution is -2.38. The molecule has 2 aliphatic heterocycles. The van der Waals surface area contributed by atoms with E-state index >= 15 is 0 Å². The largest absolute Gasteiger partial charge is 0.352 e. The Labute approximate surface area is 386 Å². The second-order valence-corrected chi connectivity index (χ2v) is 18.5. The van der Waals surface area contributed by atoms with Crippen molar-refractivity contribution >= 4 is 61.6 Å². The van der Waals surface area contributed by atoms with Crippen molar-refractivity contribution in [3.63, 3.8) is 0 Å². The van der Waals surface area contributed by atoms with Crippen LogP contribution in [0.2, 0.25) is 0 Å². The molecule has 0 aliphatic carbocycles. The minimum atomic E-state index is -0.331. The first-order chi connectivity index (χ1) is 32.1. The van der Waals surface area contributed by atoms with Crippen LogP contribution in [0.1, 0.15) is 111 Å². The Morgan fingerprint density at radius 1 is 0.758 bits per heavy atom. The van der Waals surface area contributed by atoms with E-state index in [4.69, 9.17) is 0 Å². The Bertz CT molecular complexity index is 2770. The number of piperidine rings is 2. The third-order valence-corrected chi connectivity index (χ3v) is 14.0. The molecular weight excluding hydrogens is 859 g/mol. The fourth-order valence-electron chi connectivity index (χ4n) is 9.01. The number of aromatic amines is 1. The van der Waals surface area contributed by atoms with Gasteiger partial charge >= 0.3 is 0 Å². The number of likely N-dealkylation sites (tertiary alicyclic amines) is 2. The minimum Gasteiger partial charge on any atom is -0.352 e. The topological polar surface area (TPSA) is 145 Å². The zero-order valence-corrected chi connectivity index (χ0v) is 38.1. The molecule has 2 fully saturated rings. The van der Waals surface area contributed by atoms with Gasteiger partial charge in [0.1, 0.15) is 23.0 Å². The molecule has 5 aromatic heterocycles. The number of pyridine rings is 2. The van der Waals surface area contributed by atoms with Crippen LogP contribution in [-0.2, 0) is 0 Å². The van der Waals surface area contributed by atoms with Gasteiger partial charge in [-0.1, -0.05) is 31.7 Å². The molecule has 2 aromatic carbocycles. The van der Waals surface area contributed by atoms with Gasteiger partial charge in [-0.15, -0.1) is 11.3 Å². The van der Waals surface area contributed by atoms with E-state index in [-0.39, 0.29) is 35.3 Å². The van der Waals surface area contributed by atoms with E-state index in [1.165, 1.54) is 29.5 Å². The van der Waals surface area contributed by atoms with E-state index in [1.54, 1.807) is 62.0 Å². The minimum absolute atomic E-state index is 0.0216. The highest BCUT2D eigenvalue weighted by Gasteiger charge is 2.26. The summed E-state index contributed by atoms with van der Waals surface area (Å²) in [7, 11) is 0. The molecule has 7 heterocycles. The maximum absolute atomic E-state index is 13.8. The van der Waals surface area contributed by atoms with Crippen molar-refractivity contribution in [3.8, 4) is 0 Å². The number of carbonyl (C=O) groups excluding carboxylic acids is 4. The SMILES string of the molecule is Cc1c(F)cccc1C(=O)N1CCC(CCCCNC(=O)c2cc3ccncc3s2)CC1.O=C(NCCCCC1CCN(C(=O)c2cc3cc(F)ccc3[nH]2)CC1)c1ccc2nccn2c1. The molecule has 7 aromatic rings. The number of hydrogen-bond donors (Lipinski definition) is 3. The number of amides is 4. The van der Waals surface area contributed by atoms with Crippen LogP contribution in [-0.4, -0.2) is 92.0 Å². The zero-order chi connectivity index (χ0) is 46.0. The Hall–Kier alpha value is -6.48. The summed E-state index contributed by atoms with van der Waals surface area (Å²) in [6.07, 6.45) is 19.0. The van der Waals surface area contributed by atoms with Crippen LogP contribution in [0.4, 0.5) is 8.78 Å². The number of fused-ring (bicyclic) bond motifs is 3. The maximum Gasteiger partial charge on any atom is 0.270 e. The van der Waals surface area contributed by atoms with Gasteiger partial charge in [-0.3, -0.25) is 24.2 Å². The van der Waals surface area contributed by atoms with Gasteiger partial charge in [-0.05, 0) is 129 Å². The number of thiophene rings is 1. The number of hydrogen-bond acceptors (Lipinski definition) is 7. The predicted molar refractivity (Wildman–Crippen MR) is 254 cm³/mol. The van der Waals surface area contributed by atoms with Crippen LogP contribution in [0, 0.1) is 30.4 Å². The number of carbonyl (C=O) groups is 4. The van der Waals surface area contributed by atoms with Crippen LogP contribution in [0.15, 0.2) is 97.7 Å². The third kappa shape index (κ3) is 11.5. The molecule has 2 saturated heterocycles. The van der Waals surface area contributed by atoms with Crippen molar-refractivity contribution in [1.29, 1.82) is 0 Å². The van der Waals surface area contributed by atoms with Crippen molar-refractivity contribution in [2.45, 2.75) is 71.1 Å². The van der Waals surface area contributed by atoms with Crippen molar-refractivity contribution in [1.82, 2.24) is 39.8 Å². The predicted octanol–water partition coefficient (Wildman–Crippen LogP) is 9.60. The van der Waals surface area contributed by atoms with Gasteiger partial charge in [0.25, 0.3) is 23.6 Å². The molecule has 4 amide bonds. The number of H-pyrrole nitrogens is 1. The first-order valence-electron chi connectivity index (χ1n) is 23.0. The normalized spacial score (nSPS) is 14.7. The van der Waals surface area contributed by atoms with Crippen LogP contribution in [0.5, 0.6) is 0 Å². The maximum atomic E-state index is 13.8. The van der Waals surface area contributed by atoms with E-state index in [0.29, 0.717) is 52.7 Å². The quantitative estimate of drug-likeness (QED) is 0.0928. The third-order valence-electron chi connectivity index (χ3n) is 13.0. The molecule has 3 N–H and O–H groups in total. The monoisotopic (exact) mass is 914 g/mol. The lowest BCUT2D eigenvalue weighted by atomic mass is 9.91. The molecule has 0 saturated carbocycles. The van der Waals surface area contributed by atoms with E-state index in [0.717, 1.165) is 117 Å². The fourth-order valence-corrected chi connectivity index (χ4v) is 9.95. The van der Waals surface area contributed by atoms with Crippen LogP contribution < -0.4 is 10.6 Å². The molecule has 66 heavy (non-hydrogen) atoms. The Morgan fingerprint density at radius 3 is 2.17 bits per heavy atom. The average Bonchev–Trinajstić information content (AvgIpc) is 4.11. The highest BCUT2D eigenvalue weighted by molar-refractivity contribution is 7.20. The summed E-state index contributed by atoms with van der Waals surface area (Å²) in [6, 6.07) is 18.4. The van der Waals surface area contributed by atoms with Crippen LogP contribution in [0.25, 0.3) is 26.6 Å². The molecule has 0 unspecified atom stereocenters. The molecule has 2 aliphatic rings. The number of nitrogens with one attached hydrogen (secondary N) is 3. The molecule has 344 valence electrons. The van der Waals surface area contributed by atoms with Gasteiger partial charge in [0, 0.05) is 86.7 Å². The smallest absolute Gasteiger partial charge is 0.270 e. The highest BCUT2D eigenvalue weighted by Crippen LogP contribution is 2.28. The highest BCUT2D eigenvalue weighted by atomic mass is 32.1. The van der Waals surface area contributed by atoms with E-state index in [1.807, 2.05) is 38.6 Å². The summed E-state index contributed by atoms with van der Waals surface area (Å²) in [6.45, 7) is 5.89. The van der Waals surface area contributed by atoms with Crippen LogP contribution >= 0.6 is 11.3 Å². The standard InChI is InChI=1S/C26H28FN5O2.C25H28FN3O2S/c27-21-5-6-22-20(15-21)16-23(30-22)26(34)31-12-8-18(9-13-31)3-1-2-10-29-25(33)19-4-7-24-28-11-14-32(24)17-19;1-17-20(6-4-7-21(17)26)25(31)29-13-9-18(10-14-29)5-2-3-11-28-24(30)22-15-19-8-12-27-16-23(19)32-22/h4-7,11,14-18,30H,1-3,8-10,12-13H2,(H,29,33);4,6-8,12,15-16,18H,2-3,5,9-11,13-14H2,1H3,(H,28,30). The molecular formula is C51H56F2N8O4S. The number of benzene rings is 2. The molecule has 0 radical (unpaired) electrons. The number of imidazole rings is 1. The summed E-state index contributed by atoms with van der Waals surface area (Å²) >= 11 is 1.47. The zero-order valence-electron chi connectivity index (χ0n) is 37.2. The molecule has 15 heteroatoms. The van der Waals surface area contributed by atoms with Gasteiger partial charge < -0.3 is 29.8 Å². The Kier molecular flexibility index (Phi) is 15.1. The number of aromatic nitrogens is 4. The Balaban J connectivity index is 0.000000180. The lowest BCUT2D eigenvalue weighted by molar-refractivity contribution is 0.0675. The van der Waals surface area contributed by atoms with Gasteiger partial charge in [-0.25, -0.2) is 13.8 Å². The first kappa shape index (κ1) is 46.1. The van der Waals surface area contributed by atoms with E-state index in [9.17, 15) is 28.0 Å². The molecule has 0 atom stereocenters. The number of halogens is 2. The summed E-state index contributed by atoms with van der Waals surface area (Å²) in [5, 5.41) is 7.77. The van der Waals surface area contributed by atoms with Crippen molar-refractivity contribution in [2.75, 3.05) is 39.3 Å². The molecule has 0 spiro atoms. The van der Waals surface area contributed by atoms with Gasteiger partial charge in [0.15, 0.2) is 0 Å². The second-order valence-electron chi connectivity index (χ2n) is 17.4. The molecule has 9 rings (SSSR count). The summed E-state index contributed by atoms with van der Waals surface area (Å²) in [4.78, 5) is 66.2. The van der Waals surface area contributed by atoms with Crippen molar-refractivity contribution < 1.29 is 28.0 Å². The van der Waals surface area contributed by atoms with Crippen LogP contribution in [0.3, 0.4) is 0 Å². The second kappa shape index (κ2) is 21.7. The number of unbranched alkanes of at least 4 members (excludes halogenated alkanes) is 2. The number of nitrogens with zero attached hydrogens (tertiary/aromatic N) is 5. The van der Waals surface area contributed by atoms with Gasteiger partial charge in [-0.2, -0.15) is 0 Å². The van der Waals surface area contributed by atoms with Crippen molar-refractivity contribution in [3.05, 3.63) is 137 Å².